The van der Waals surface area contributed by atoms with Gasteiger partial charge in [-0.05, 0) is 54.6 Å². The van der Waals surface area contributed by atoms with E-state index in [1.54, 1.807) is 0 Å². The highest BCUT2D eigenvalue weighted by Gasteiger charge is 2.06. The topological polar surface area (TPSA) is 50.8 Å². The summed E-state index contributed by atoms with van der Waals surface area (Å²) in [5.74, 6) is 1.61. The Morgan fingerprint density at radius 1 is 1.31 bits per heavy atom. The van der Waals surface area contributed by atoms with Gasteiger partial charge in [0.1, 0.15) is 12.1 Å². The van der Waals surface area contributed by atoms with Crippen molar-refractivity contribution in [2.45, 2.75) is 20.0 Å². The summed E-state index contributed by atoms with van der Waals surface area (Å²) in [6.45, 7) is 4.02. The normalized spacial score (nSPS) is 10.8. The standard InChI is InChI=1S/C11H12IN3O/c1-7(2)16-10-4-8(3-9(12)5-10)11-13-6-14-15-11/h3-7H,1-2H3,(H,13,14,15). The number of hydrogen-bond donors (Lipinski definition) is 1. The Labute approximate surface area is 108 Å². The summed E-state index contributed by atoms with van der Waals surface area (Å²) in [4.78, 5) is 4.12. The van der Waals surface area contributed by atoms with Gasteiger partial charge in [-0.15, -0.1) is 0 Å². The van der Waals surface area contributed by atoms with Gasteiger partial charge in [0.25, 0.3) is 0 Å². The highest BCUT2D eigenvalue weighted by molar-refractivity contribution is 14.1. The first kappa shape index (κ1) is 11.4. The molecule has 0 fully saturated rings. The van der Waals surface area contributed by atoms with Gasteiger partial charge in [-0.2, -0.15) is 5.10 Å². The summed E-state index contributed by atoms with van der Waals surface area (Å²) >= 11 is 2.26. The zero-order chi connectivity index (χ0) is 11.5. The molecule has 0 unspecified atom stereocenters. The van der Waals surface area contributed by atoms with E-state index in [4.69, 9.17) is 4.74 Å². The van der Waals surface area contributed by atoms with E-state index in [0.29, 0.717) is 0 Å². The molecule has 0 saturated heterocycles. The third kappa shape index (κ3) is 2.72. The van der Waals surface area contributed by atoms with Crippen LogP contribution in [-0.2, 0) is 0 Å². The lowest BCUT2D eigenvalue weighted by Crippen LogP contribution is -2.05. The molecule has 0 bridgehead atoms. The number of aromatic amines is 1. The van der Waals surface area contributed by atoms with E-state index in [0.717, 1.165) is 20.7 Å². The summed E-state index contributed by atoms with van der Waals surface area (Å²) in [6.07, 6.45) is 1.67. The van der Waals surface area contributed by atoms with Crippen molar-refractivity contribution in [3.63, 3.8) is 0 Å². The Morgan fingerprint density at radius 3 is 2.75 bits per heavy atom. The van der Waals surface area contributed by atoms with Gasteiger partial charge in [-0.1, -0.05) is 0 Å². The van der Waals surface area contributed by atoms with E-state index in [1.165, 1.54) is 6.33 Å². The van der Waals surface area contributed by atoms with Gasteiger partial charge in [0.15, 0.2) is 5.82 Å². The third-order valence-corrected chi connectivity index (χ3v) is 2.55. The first-order valence-electron chi connectivity index (χ1n) is 4.98. The fourth-order valence-corrected chi connectivity index (χ4v) is 2.03. The van der Waals surface area contributed by atoms with Crippen molar-refractivity contribution in [1.82, 2.24) is 15.2 Å². The molecule has 2 rings (SSSR count). The van der Waals surface area contributed by atoms with Crippen LogP contribution >= 0.6 is 22.6 Å². The first-order valence-corrected chi connectivity index (χ1v) is 6.06. The number of aromatic nitrogens is 3. The number of benzene rings is 1. The smallest absolute Gasteiger partial charge is 0.155 e. The monoisotopic (exact) mass is 329 g/mol. The average molecular weight is 329 g/mol. The van der Waals surface area contributed by atoms with Gasteiger partial charge < -0.3 is 4.74 Å². The fourth-order valence-electron chi connectivity index (χ4n) is 1.38. The number of nitrogens with one attached hydrogen (secondary N) is 1. The number of nitrogens with zero attached hydrogens (tertiary/aromatic N) is 2. The quantitative estimate of drug-likeness (QED) is 0.881. The number of rotatable bonds is 3. The fraction of sp³-hybridized carbons (Fsp3) is 0.273. The van der Waals surface area contributed by atoms with Crippen LogP contribution in [0.3, 0.4) is 0 Å². The van der Waals surface area contributed by atoms with Gasteiger partial charge in [0, 0.05) is 9.13 Å². The number of hydrogen-bond acceptors (Lipinski definition) is 3. The maximum Gasteiger partial charge on any atom is 0.155 e. The highest BCUT2D eigenvalue weighted by atomic mass is 127. The SMILES string of the molecule is CC(C)Oc1cc(I)cc(-c2ncn[nH]2)c1. The van der Waals surface area contributed by atoms with E-state index in [9.17, 15) is 0 Å². The molecule has 2 aromatic rings. The third-order valence-electron chi connectivity index (χ3n) is 1.93. The van der Waals surface area contributed by atoms with E-state index in [2.05, 4.69) is 37.8 Å². The molecule has 84 valence electrons. The van der Waals surface area contributed by atoms with Crippen LogP contribution in [0, 0.1) is 3.57 Å². The highest BCUT2D eigenvalue weighted by Crippen LogP contribution is 2.25. The lowest BCUT2D eigenvalue weighted by molar-refractivity contribution is 0.242. The molecule has 1 aromatic carbocycles. The number of ether oxygens (including phenoxy) is 1. The Bertz CT molecular complexity index is 468. The molecule has 5 heteroatoms. The van der Waals surface area contributed by atoms with Crippen molar-refractivity contribution in [2.75, 3.05) is 0 Å². The molecule has 4 nitrogen and oxygen atoms in total. The molecule has 0 saturated carbocycles. The zero-order valence-electron chi connectivity index (χ0n) is 9.07. The molecule has 1 aromatic heterocycles. The second-order valence-corrected chi connectivity index (χ2v) is 4.92. The molecular weight excluding hydrogens is 317 g/mol. The Morgan fingerprint density at radius 2 is 2.12 bits per heavy atom. The second-order valence-electron chi connectivity index (χ2n) is 3.68. The van der Waals surface area contributed by atoms with Crippen molar-refractivity contribution in [2.24, 2.45) is 0 Å². The summed E-state index contributed by atoms with van der Waals surface area (Å²) in [5.41, 5.74) is 0.986. The predicted molar refractivity (Wildman–Crippen MR) is 70.3 cm³/mol. The second kappa shape index (κ2) is 4.82. The van der Waals surface area contributed by atoms with E-state index in [1.807, 2.05) is 32.0 Å². The van der Waals surface area contributed by atoms with Crippen LogP contribution in [0.25, 0.3) is 11.4 Å². The minimum absolute atomic E-state index is 0.167. The van der Waals surface area contributed by atoms with Crippen LogP contribution in [0.4, 0.5) is 0 Å². The van der Waals surface area contributed by atoms with Crippen LogP contribution in [-0.4, -0.2) is 21.3 Å². The molecule has 0 aliphatic rings. The van der Waals surface area contributed by atoms with Crippen molar-refractivity contribution >= 4 is 22.6 Å². The van der Waals surface area contributed by atoms with Gasteiger partial charge >= 0.3 is 0 Å². The molecule has 1 N–H and O–H groups in total. The van der Waals surface area contributed by atoms with Crippen LogP contribution in [0.5, 0.6) is 5.75 Å². The average Bonchev–Trinajstić information content (AvgIpc) is 2.67. The molecule has 0 amide bonds. The minimum Gasteiger partial charge on any atom is -0.491 e. The van der Waals surface area contributed by atoms with Crippen molar-refractivity contribution < 1.29 is 4.74 Å². The van der Waals surface area contributed by atoms with Gasteiger partial charge in [0.05, 0.1) is 6.10 Å². The maximum absolute atomic E-state index is 5.67. The summed E-state index contributed by atoms with van der Waals surface area (Å²) in [5, 5.41) is 6.68. The van der Waals surface area contributed by atoms with Gasteiger partial charge in [-0.25, -0.2) is 4.98 Å². The molecule has 0 spiro atoms. The predicted octanol–water partition coefficient (Wildman–Crippen LogP) is 2.86. The van der Waals surface area contributed by atoms with Crippen molar-refractivity contribution in [3.05, 3.63) is 28.1 Å². The Hall–Kier alpha value is -1.11. The van der Waals surface area contributed by atoms with E-state index >= 15 is 0 Å². The van der Waals surface area contributed by atoms with Crippen molar-refractivity contribution in [3.8, 4) is 17.1 Å². The minimum atomic E-state index is 0.167. The molecular formula is C11H12IN3O. The molecule has 16 heavy (non-hydrogen) atoms. The van der Waals surface area contributed by atoms with Crippen LogP contribution < -0.4 is 4.74 Å². The Kier molecular flexibility index (Phi) is 3.42. The lowest BCUT2D eigenvalue weighted by atomic mass is 10.2. The molecule has 0 aliphatic carbocycles. The lowest BCUT2D eigenvalue weighted by Gasteiger charge is -2.11. The largest absolute Gasteiger partial charge is 0.491 e. The summed E-state index contributed by atoms with van der Waals surface area (Å²) in [7, 11) is 0. The maximum atomic E-state index is 5.67. The Balaban J connectivity index is 2.36. The zero-order valence-corrected chi connectivity index (χ0v) is 11.2. The first-order chi connectivity index (χ1) is 7.65. The number of halogens is 1. The van der Waals surface area contributed by atoms with Crippen LogP contribution in [0.1, 0.15) is 13.8 Å². The van der Waals surface area contributed by atoms with Crippen LogP contribution in [0.2, 0.25) is 0 Å². The van der Waals surface area contributed by atoms with Gasteiger partial charge in [-0.3, -0.25) is 5.10 Å². The molecule has 0 aliphatic heterocycles. The molecule has 0 atom stereocenters. The van der Waals surface area contributed by atoms with Gasteiger partial charge in [0.2, 0.25) is 0 Å². The summed E-state index contributed by atoms with van der Waals surface area (Å²) in [6, 6.07) is 6.00. The van der Waals surface area contributed by atoms with E-state index < -0.39 is 0 Å². The molecule has 0 radical (unpaired) electrons. The van der Waals surface area contributed by atoms with Crippen molar-refractivity contribution in [1.29, 1.82) is 0 Å². The summed E-state index contributed by atoms with van der Waals surface area (Å²) < 4.78 is 6.78. The van der Waals surface area contributed by atoms with E-state index in [-0.39, 0.29) is 6.10 Å². The number of H-pyrrole nitrogens is 1. The molecule has 1 heterocycles. The van der Waals surface area contributed by atoms with Crippen LogP contribution in [0.15, 0.2) is 24.5 Å².